The molecule has 2 aromatic carbocycles. The maximum atomic E-state index is 12.6. The zero-order valence-electron chi connectivity index (χ0n) is 15.2. The number of hydrogen-bond acceptors (Lipinski definition) is 5. The van der Waals surface area contributed by atoms with Gasteiger partial charge in [-0.2, -0.15) is 5.26 Å². The van der Waals surface area contributed by atoms with Gasteiger partial charge in [0.25, 0.3) is 5.91 Å². The van der Waals surface area contributed by atoms with E-state index in [4.69, 9.17) is 19.5 Å². The van der Waals surface area contributed by atoms with E-state index in [0.29, 0.717) is 53.9 Å². The molecular weight excluding hydrogens is 332 g/mol. The first-order valence-electron chi connectivity index (χ1n) is 8.50. The molecule has 0 aromatic heterocycles. The lowest BCUT2D eigenvalue weighted by molar-refractivity contribution is 0.102. The van der Waals surface area contributed by atoms with Crippen LogP contribution in [0.1, 0.15) is 36.7 Å². The molecule has 0 saturated carbocycles. The third-order valence-corrected chi connectivity index (χ3v) is 3.44. The standard InChI is InChI=1S/C20H22N2O4/c1-4-24-17-11-15(12-18(25-5-2)19(17)26-6-3)20(23)22-16-9-7-14(13-21)8-10-16/h7-12H,4-6H2,1-3H3,(H,22,23). The minimum absolute atomic E-state index is 0.306. The summed E-state index contributed by atoms with van der Waals surface area (Å²) < 4.78 is 16.9. The van der Waals surface area contributed by atoms with Crippen LogP contribution < -0.4 is 19.5 Å². The van der Waals surface area contributed by atoms with Crippen molar-refractivity contribution in [2.45, 2.75) is 20.8 Å². The average Bonchev–Trinajstić information content (AvgIpc) is 2.65. The van der Waals surface area contributed by atoms with Gasteiger partial charge in [0.05, 0.1) is 31.5 Å². The fraction of sp³-hybridized carbons (Fsp3) is 0.300. The SMILES string of the molecule is CCOc1cc(C(=O)Nc2ccc(C#N)cc2)cc(OCC)c1OCC. The van der Waals surface area contributed by atoms with Crippen LogP contribution in [0.3, 0.4) is 0 Å². The zero-order chi connectivity index (χ0) is 18.9. The Morgan fingerprint density at radius 1 is 0.962 bits per heavy atom. The average molecular weight is 354 g/mol. The molecule has 2 aromatic rings. The highest BCUT2D eigenvalue weighted by molar-refractivity contribution is 6.05. The molecule has 0 saturated heterocycles. The monoisotopic (exact) mass is 354 g/mol. The number of ether oxygens (including phenoxy) is 3. The maximum absolute atomic E-state index is 12.6. The lowest BCUT2D eigenvalue weighted by Gasteiger charge is -2.17. The maximum Gasteiger partial charge on any atom is 0.255 e. The van der Waals surface area contributed by atoms with Crippen molar-refractivity contribution < 1.29 is 19.0 Å². The van der Waals surface area contributed by atoms with Gasteiger partial charge in [0.1, 0.15) is 0 Å². The summed E-state index contributed by atoms with van der Waals surface area (Å²) in [6.45, 7) is 6.92. The minimum atomic E-state index is -0.306. The molecule has 6 heteroatoms. The quantitative estimate of drug-likeness (QED) is 0.775. The minimum Gasteiger partial charge on any atom is -0.490 e. The Kier molecular flexibility index (Phi) is 6.86. The molecule has 136 valence electrons. The van der Waals surface area contributed by atoms with E-state index in [1.165, 1.54) is 0 Å². The normalized spacial score (nSPS) is 9.92. The third kappa shape index (κ3) is 4.67. The van der Waals surface area contributed by atoms with Crippen LogP contribution in [-0.4, -0.2) is 25.7 Å². The van der Waals surface area contributed by atoms with Gasteiger partial charge in [-0.25, -0.2) is 0 Å². The van der Waals surface area contributed by atoms with Crippen LogP contribution in [0.25, 0.3) is 0 Å². The second-order valence-electron chi connectivity index (χ2n) is 5.24. The van der Waals surface area contributed by atoms with Crippen LogP contribution in [0.5, 0.6) is 17.2 Å². The number of carbonyl (C=O) groups excluding carboxylic acids is 1. The molecule has 0 bridgehead atoms. The van der Waals surface area contributed by atoms with E-state index in [1.807, 2.05) is 26.8 Å². The second kappa shape index (κ2) is 9.33. The Balaban J connectivity index is 2.33. The van der Waals surface area contributed by atoms with Gasteiger partial charge in [-0.3, -0.25) is 4.79 Å². The van der Waals surface area contributed by atoms with Crippen LogP contribution in [0.4, 0.5) is 5.69 Å². The summed E-state index contributed by atoms with van der Waals surface area (Å²) in [5.74, 6) is 1.11. The smallest absolute Gasteiger partial charge is 0.255 e. The molecule has 6 nitrogen and oxygen atoms in total. The number of nitrogens with one attached hydrogen (secondary N) is 1. The van der Waals surface area contributed by atoms with Crippen molar-refractivity contribution in [3.05, 3.63) is 47.5 Å². The van der Waals surface area contributed by atoms with Crippen molar-refractivity contribution in [3.8, 4) is 23.3 Å². The number of carbonyl (C=O) groups is 1. The molecule has 0 aliphatic carbocycles. The van der Waals surface area contributed by atoms with Gasteiger partial charge in [0, 0.05) is 11.3 Å². The molecule has 1 amide bonds. The Bertz CT molecular complexity index is 767. The first kappa shape index (κ1) is 19.1. The van der Waals surface area contributed by atoms with Crippen LogP contribution in [-0.2, 0) is 0 Å². The van der Waals surface area contributed by atoms with Gasteiger partial charge < -0.3 is 19.5 Å². The van der Waals surface area contributed by atoms with E-state index < -0.39 is 0 Å². The van der Waals surface area contributed by atoms with E-state index in [1.54, 1.807) is 36.4 Å². The number of nitriles is 1. The van der Waals surface area contributed by atoms with Crippen LogP contribution in [0.15, 0.2) is 36.4 Å². The number of rotatable bonds is 8. The topological polar surface area (TPSA) is 80.6 Å². The fourth-order valence-electron chi connectivity index (χ4n) is 2.35. The first-order valence-corrected chi connectivity index (χ1v) is 8.50. The zero-order valence-corrected chi connectivity index (χ0v) is 15.2. The van der Waals surface area contributed by atoms with Crippen molar-refractivity contribution in [1.82, 2.24) is 0 Å². The van der Waals surface area contributed by atoms with Gasteiger partial charge in [-0.15, -0.1) is 0 Å². The number of nitrogens with zero attached hydrogens (tertiary/aromatic N) is 1. The molecule has 0 aliphatic heterocycles. The summed E-state index contributed by atoms with van der Waals surface area (Å²) in [5.41, 5.74) is 1.52. The molecule has 0 heterocycles. The Morgan fingerprint density at radius 3 is 1.96 bits per heavy atom. The van der Waals surface area contributed by atoms with Crippen LogP contribution in [0, 0.1) is 11.3 Å². The highest BCUT2D eigenvalue weighted by Crippen LogP contribution is 2.39. The van der Waals surface area contributed by atoms with Gasteiger partial charge in [-0.1, -0.05) is 0 Å². The molecule has 0 atom stereocenters. The highest BCUT2D eigenvalue weighted by atomic mass is 16.5. The molecule has 0 unspecified atom stereocenters. The van der Waals surface area contributed by atoms with Crippen molar-refractivity contribution in [2.24, 2.45) is 0 Å². The van der Waals surface area contributed by atoms with Gasteiger partial charge >= 0.3 is 0 Å². The molecule has 1 N–H and O–H groups in total. The number of amides is 1. The second-order valence-corrected chi connectivity index (χ2v) is 5.24. The number of hydrogen-bond donors (Lipinski definition) is 1. The lowest BCUT2D eigenvalue weighted by Crippen LogP contribution is -2.13. The highest BCUT2D eigenvalue weighted by Gasteiger charge is 2.18. The van der Waals surface area contributed by atoms with Gasteiger partial charge in [0.15, 0.2) is 11.5 Å². The van der Waals surface area contributed by atoms with Crippen LogP contribution in [0.2, 0.25) is 0 Å². The summed E-state index contributed by atoms with van der Waals surface area (Å²) in [6.07, 6.45) is 0. The van der Waals surface area contributed by atoms with Crippen molar-refractivity contribution in [3.63, 3.8) is 0 Å². The van der Waals surface area contributed by atoms with Gasteiger partial charge in [0.2, 0.25) is 5.75 Å². The lowest BCUT2D eigenvalue weighted by atomic mass is 10.1. The van der Waals surface area contributed by atoms with E-state index in [0.717, 1.165) is 0 Å². The predicted octanol–water partition coefficient (Wildman–Crippen LogP) is 4.01. The van der Waals surface area contributed by atoms with Crippen molar-refractivity contribution in [1.29, 1.82) is 5.26 Å². The molecule has 0 spiro atoms. The Labute approximate surface area is 153 Å². The summed E-state index contributed by atoms with van der Waals surface area (Å²) in [6, 6.07) is 12.0. The molecule has 0 fully saturated rings. The Hall–Kier alpha value is -3.20. The summed E-state index contributed by atoms with van der Waals surface area (Å²) >= 11 is 0. The van der Waals surface area contributed by atoms with E-state index in [2.05, 4.69) is 5.32 Å². The summed E-state index contributed by atoms with van der Waals surface area (Å²) in [7, 11) is 0. The third-order valence-electron chi connectivity index (χ3n) is 3.44. The van der Waals surface area contributed by atoms with Crippen molar-refractivity contribution in [2.75, 3.05) is 25.1 Å². The molecule has 0 aliphatic rings. The van der Waals surface area contributed by atoms with E-state index in [9.17, 15) is 4.79 Å². The molecular formula is C20H22N2O4. The fourth-order valence-corrected chi connectivity index (χ4v) is 2.35. The van der Waals surface area contributed by atoms with Crippen molar-refractivity contribution >= 4 is 11.6 Å². The predicted molar refractivity (Wildman–Crippen MR) is 99.1 cm³/mol. The first-order chi connectivity index (χ1) is 12.6. The molecule has 26 heavy (non-hydrogen) atoms. The number of anilines is 1. The number of benzene rings is 2. The largest absolute Gasteiger partial charge is 0.490 e. The molecule has 2 rings (SSSR count). The van der Waals surface area contributed by atoms with E-state index in [-0.39, 0.29) is 5.91 Å². The van der Waals surface area contributed by atoms with Gasteiger partial charge in [-0.05, 0) is 57.2 Å². The molecule has 0 radical (unpaired) electrons. The van der Waals surface area contributed by atoms with Crippen LogP contribution >= 0.6 is 0 Å². The Morgan fingerprint density at radius 2 is 1.50 bits per heavy atom. The summed E-state index contributed by atoms with van der Waals surface area (Å²) in [4.78, 5) is 12.6. The summed E-state index contributed by atoms with van der Waals surface area (Å²) in [5, 5.41) is 11.6. The van der Waals surface area contributed by atoms with E-state index >= 15 is 0 Å².